The summed E-state index contributed by atoms with van der Waals surface area (Å²) in [5.41, 5.74) is 0.736. The van der Waals surface area contributed by atoms with Crippen molar-refractivity contribution in [3.63, 3.8) is 0 Å². The quantitative estimate of drug-likeness (QED) is 0.753. The first kappa shape index (κ1) is 15.7. The van der Waals surface area contributed by atoms with Gasteiger partial charge in [-0.15, -0.1) is 0 Å². The fraction of sp³-hybridized carbons (Fsp3) is 0.533. The van der Waals surface area contributed by atoms with Crippen LogP contribution in [0.15, 0.2) is 18.2 Å². The monoisotopic (exact) mass is 295 g/mol. The van der Waals surface area contributed by atoms with E-state index in [4.69, 9.17) is 0 Å². The zero-order chi connectivity index (χ0) is 15.2. The van der Waals surface area contributed by atoms with E-state index in [0.717, 1.165) is 37.6 Å². The van der Waals surface area contributed by atoms with Gasteiger partial charge in [-0.25, -0.2) is 4.39 Å². The molecule has 0 radical (unpaired) electrons. The molecule has 0 saturated carbocycles. The van der Waals surface area contributed by atoms with Gasteiger partial charge in [-0.3, -0.25) is 9.69 Å². The summed E-state index contributed by atoms with van der Waals surface area (Å²) in [5.74, 6) is -0.434. The maximum Gasteiger partial charge on any atom is 0.233 e. The number of amides is 1. The van der Waals surface area contributed by atoms with Crippen LogP contribution in [0.25, 0.3) is 0 Å². The Kier molecular flexibility index (Phi) is 5.52. The van der Waals surface area contributed by atoms with Crippen molar-refractivity contribution in [2.45, 2.75) is 25.4 Å². The highest BCUT2D eigenvalue weighted by molar-refractivity contribution is 5.77. The number of phenolic OH excluding ortho intramolecular Hbond substituents is 1. The molecule has 2 rings (SSSR count). The zero-order valence-corrected chi connectivity index (χ0v) is 12.2. The number of phenols is 1. The van der Waals surface area contributed by atoms with Crippen LogP contribution >= 0.6 is 0 Å². The summed E-state index contributed by atoms with van der Waals surface area (Å²) in [6, 6.07) is 4.45. The van der Waals surface area contributed by atoms with Crippen molar-refractivity contribution in [1.29, 1.82) is 0 Å². The minimum Gasteiger partial charge on any atom is -0.508 e. The number of likely N-dealkylation sites (tertiary alicyclic amines) is 1. The van der Waals surface area contributed by atoms with E-state index in [1.807, 2.05) is 0 Å². The minimum atomic E-state index is -0.424. The number of carbonyl (C=O) groups is 1. The fourth-order valence-corrected chi connectivity index (χ4v) is 2.57. The highest BCUT2D eigenvalue weighted by Gasteiger charge is 2.20. The number of halogens is 1. The second-order valence-electron chi connectivity index (χ2n) is 5.42. The molecule has 1 fully saturated rings. The molecule has 0 unspecified atom stereocenters. The van der Waals surface area contributed by atoms with E-state index in [-0.39, 0.29) is 11.7 Å². The van der Waals surface area contributed by atoms with Gasteiger partial charge in [-0.05, 0) is 30.5 Å². The number of rotatable bonds is 5. The SMILES string of the molecule is CNC(=O)CN1CCC(NCc2cc(O)cc(F)c2)CC1. The van der Waals surface area contributed by atoms with Gasteiger partial charge in [0.1, 0.15) is 11.6 Å². The largest absolute Gasteiger partial charge is 0.508 e. The van der Waals surface area contributed by atoms with E-state index in [1.165, 1.54) is 6.07 Å². The maximum absolute atomic E-state index is 13.2. The van der Waals surface area contributed by atoms with Gasteiger partial charge in [0.25, 0.3) is 0 Å². The van der Waals surface area contributed by atoms with Crippen LogP contribution < -0.4 is 10.6 Å². The van der Waals surface area contributed by atoms with Crippen molar-refractivity contribution >= 4 is 5.91 Å². The lowest BCUT2D eigenvalue weighted by molar-refractivity contribution is -0.122. The van der Waals surface area contributed by atoms with Gasteiger partial charge < -0.3 is 15.7 Å². The molecule has 0 aliphatic carbocycles. The van der Waals surface area contributed by atoms with E-state index in [9.17, 15) is 14.3 Å². The van der Waals surface area contributed by atoms with Gasteiger partial charge in [0.2, 0.25) is 5.91 Å². The predicted molar refractivity (Wildman–Crippen MR) is 78.4 cm³/mol. The third-order valence-electron chi connectivity index (χ3n) is 3.77. The van der Waals surface area contributed by atoms with Crippen LogP contribution in [0.3, 0.4) is 0 Å². The Balaban J connectivity index is 1.75. The van der Waals surface area contributed by atoms with Crippen molar-refractivity contribution < 1.29 is 14.3 Å². The topological polar surface area (TPSA) is 64.6 Å². The summed E-state index contributed by atoms with van der Waals surface area (Å²) in [7, 11) is 1.64. The molecule has 1 aliphatic heterocycles. The number of aromatic hydroxyl groups is 1. The normalized spacial score (nSPS) is 16.9. The van der Waals surface area contributed by atoms with E-state index in [0.29, 0.717) is 19.1 Å². The maximum atomic E-state index is 13.2. The van der Waals surface area contributed by atoms with Crippen molar-refractivity contribution in [3.8, 4) is 5.75 Å². The molecule has 1 heterocycles. The van der Waals surface area contributed by atoms with Crippen molar-refractivity contribution in [1.82, 2.24) is 15.5 Å². The molecule has 116 valence electrons. The van der Waals surface area contributed by atoms with E-state index in [1.54, 1.807) is 13.1 Å². The summed E-state index contributed by atoms with van der Waals surface area (Å²) in [6.45, 7) is 2.73. The number of benzene rings is 1. The van der Waals surface area contributed by atoms with E-state index >= 15 is 0 Å². The average Bonchev–Trinajstić information content (AvgIpc) is 2.45. The molecule has 1 saturated heterocycles. The minimum absolute atomic E-state index is 0.0386. The number of likely N-dealkylation sites (N-methyl/N-ethyl adjacent to an activating group) is 1. The summed E-state index contributed by atoms with van der Waals surface area (Å²) in [4.78, 5) is 13.4. The third kappa shape index (κ3) is 4.99. The van der Waals surface area contributed by atoms with Crippen LogP contribution in [-0.2, 0) is 11.3 Å². The number of hydrogen-bond donors (Lipinski definition) is 3. The van der Waals surface area contributed by atoms with Gasteiger partial charge in [-0.1, -0.05) is 0 Å². The van der Waals surface area contributed by atoms with Gasteiger partial charge in [0.15, 0.2) is 0 Å². The molecule has 0 aromatic heterocycles. The molecular formula is C15H22FN3O2. The van der Waals surface area contributed by atoms with Gasteiger partial charge in [0, 0.05) is 38.8 Å². The summed E-state index contributed by atoms with van der Waals surface area (Å²) in [6.07, 6.45) is 1.91. The van der Waals surface area contributed by atoms with Crippen LogP contribution in [0.1, 0.15) is 18.4 Å². The predicted octanol–water partition coefficient (Wildman–Crippen LogP) is 0.831. The second-order valence-corrected chi connectivity index (χ2v) is 5.42. The molecule has 0 spiro atoms. The summed E-state index contributed by atoms with van der Waals surface area (Å²) in [5, 5.41) is 15.4. The molecule has 0 atom stereocenters. The van der Waals surface area contributed by atoms with Crippen LogP contribution in [0.4, 0.5) is 4.39 Å². The second kappa shape index (κ2) is 7.38. The molecule has 5 nitrogen and oxygen atoms in total. The average molecular weight is 295 g/mol. The summed E-state index contributed by atoms with van der Waals surface area (Å²) >= 11 is 0. The van der Waals surface area contributed by atoms with Crippen LogP contribution in [0.5, 0.6) is 5.75 Å². The molecule has 21 heavy (non-hydrogen) atoms. The molecule has 1 aromatic carbocycles. The van der Waals surface area contributed by atoms with Gasteiger partial charge >= 0.3 is 0 Å². The lowest BCUT2D eigenvalue weighted by Gasteiger charge is -2.31. The van der Waals surface area contributed by atoms with E-state index < -0.39 is 5.82 Å². The van der Waals surface area contributed by atoms with Crippen LogP contribution in [0, 0.1) is 5.82 Å². The molecule has 6 heteroatoms. The number of nitrogens with zero attached hydrogens (tertiary/aromatic N) is 1. The highest BCUT2D eigenvalue weighted by atomic mass is 19.1. The zero-order valence-electron chi connectivity index (χ0n) is 12.2. The van der Waals surface area contributed by atoms with Crippen molar-refractivity contribution in [2.24, 2.45) is 0 Å². The fourth-order valence-electron chi connectivity index (χ4n) is 2.57. The Bertz CT molecular complexity index is 468. The molecule has 3 N–H and O–H groups in total. The number of nitrogens with one attached hydrogen (secondary N) is 2. The first-order chi connectivity index (χ1) is 10.1. The Morgan fingerprint density at radius 1 is 1.38 bits per heavy atom. The standard InChI is InChI=1S/C15H22FN3O2/c1-17-15(21)10-19-4-2-13(3-5-19)18-9-11-6-12(16)8-14(20)7-11/h6-8,13,18,20H,2-5,9-10H2,1H3,(H,17,21). The van der Waals surface area contributed by atoms with Crippen molar-refractivity contribution in [2.75, 3.05) is 26.7 Å². The van der Waals surface area contributed by atoms with E-state index in [2.05, 4.69) is 15.5 Å². The first-order valence-electron chi connectivity index (χ1n) is 7.21. The lowest BCUT2D eigenvalue weighted by Crippen LogP contribution is -2.45. The Morgan fingerprint density at radius 3 is 2.71 bits per heavy atom. The van der Waals surface area contributed by atoms with Gasteiger partial charge in [-0.2, -0.15) is 0 Å². The van der Waals surface area contributed by atoms with Crippen LogP contribution in [0.2, 0.25) is 0 Å². The Labute approximate surface area is 124 Å². The Morgan fingerprint density at radius 2 is 2.10 bits per heavy atom. The number of piperidine rings is 1. The first-order valence-corrected chi connectivity index (χ1v) is 7.21. The summed E-state index contributed by atoms with van der Waals surface area (Å²) < 4.78 is 13.2. The third-order valence-corrected chi connectivity index (χ3v) is 3.77. The highest BCUT2D eigenvalue weighted by Crippen LogP contribution is 2.16. The molecule has 1 amide bonds. The lowest BCUT2D eigenvalue weighted by atomic mass is 10.0. The number of carbonyl (C=O) groups excluding carboxylic acids is 1. The number of hydrogen-bond acceptors (Lipinski definition) is 4. The smallest absolute Gasteiger partial charge is 0.233 e. The molecular weight excluding hydrogens is 273 g/mol. The Hall–Kier alpha value is -1.66. The van der Waals surface area contributed by atoms with Crippen molar-refractivity contribution in [3.05, 3.63) is 29.6 Å². The molecule has 0 bridgehead atoms. The van der Waals surface area contributed by atoms with Gasteiger partial charge in [0.05, 0.1) is 6.54 Å². The molecule has 1 aliphatic rings. The van der Waals surface area contributed by atoms with Crippen LogP contribution in [-0.4, -0.2) is 48.6 Å². The molecule has 1 aromatic rings.